The van der Waals surface area contributed by atoms with Crippen LogP contribution in [0.4, 0.5) is 0 Å². The molecular weight excluding hydrogens is 898 g/mol. The number of rotatable bonds is 40. The predicted molar refractivity (Wildman–Crippen MR) is 252 cm³/mol. The summed E-state index contributed by atoms with van der Waals surface area (Å²) in [6.07, 6.45) is 23.7. The summed E-state index contributed by atoms with van der Waals surface area (Å²) in [6, 6.07) is 0. The van der Waals surface area contributed by atoms with Crippen LogP contribution >= 0.6 is 15.6 Å². The molecule has 0 bridgehead atoms. The first-order chi connectivity index (χ1) is 31.5. The Morgan fingerprint density at radius 2 is 1.06 bits per heavy atom. The van der Waals surface area contributed by atoms with E-state index in [4.69, 9.17) is 18.5 Å². The Kier molecular flexibility index (Phi) is 35.4. The number of hydrogen-bond donors (Lipinski definition) is 8. The van der Waals surface area contributed by atoms with Gasteiger partial charge in [0, 0.05) is 12.8 Å². The summed E-state index contributed by atoms with van der Waals surface area (Å²) in [5.41, 5.74) is 0. The molecule has 19 heteroatoms. The number of aliphatic hydroxyl groups excluding tert-OH is 5. The van der Waals surface area contributed by atoms with Crippen LogP contribution in [0.15, 0.2) is 48.6 Å². The topological polar surface area (TPSA) is 276 Å². The Morgan fingerprint density at radius 1 is 0.561 bits per heavy atom. The van der Waals surface area contributed by atoms with Crippen molar-refractivity contribution >= 4 is 27.6 Å². The van der Waals surface area contributed by atoms with Crippen molar-refractivity contribution in [2.24, 2.45) is 0 Å². The van der Waals surface area contributed by atoms with Crippen LogP contribution in [-0.4, -0.2) is 114 Å². The van der Waals surface area contributed by atoms with Crippen LogP contribution in [0.25, 0.3) is 0 Å². The van der Waals surface area contributed by atoms with Gasteiger partial charge in [-0.2, -0.15) is 0 Å². The molecule has 0 saturated heterocycles. The second-order valence-electron chi connectivity index (χ2n) is 17.0. The number of ether oxygens (including phenoxy) is 2. The van der Waals surface area contributed by atoms with Crippen molar-refractivity contribution in [1.82, 2.24) is 0 Å². The van der Waals surface area contributed by atoms with E-state index in [1.54, 1.807) is 12.2 Å². The van der Waals surface area contributed by atoms with Crippen LogP contribution in [-0.2, 0) is 41.8 Å². The highest BCUT2D eigenvalue weighted by Crippen LogP contribution is 2.49. The number of hydrogen-bond acceptors (Lipinski definition) is 14. The maximum Gasteiger partial charge on any atom is 0.472 e. The molecule has 9 atom stereocenters. The number of phosphoric ester groups is 2. The van der Waals surface area contributed by atoms with Gasteiger partial charge in [-0.1, -0.05) is 165 Å². The molecule has 0 aromatic carbocycles. The number of carbonyl (C=O) groups is 2. The van der Waals surface area contributed by atoms with Gasteiger partial charge in [0.15, 0.2) is 6.10 Å². The minimum atomic E-state index is -5.38. The van der Waals surface area contributed by atoms with Gasteiger partial charge < -0.3 is 49.7 Å². The van der Waals surface area contributed by atoms with Crippen molar-refractivity contribution in [2.45, 2.75) is 223 Å². The summed E-state index contributed by atoms with van der Waals surface area (Å²) in [5.74, 6) is -1.40. The highest BCUT2D eigenvalue weighted by atomic mass is 31.2. The number of carbonyl (C=O) groups excluding carboxylic acids is 2. The van der Waals surface area contributed by atoms with Gasteiger partial charge in [-0.15, -0.1) is 0 Å². The number of allylic oxidation sites excluding steroid dienone is 7. The highest BCUT2D eigenvalue weighted by molar-refractivity contribution is 7.47. The van der Waals surface area contributed by atoms with Crippen LogP contribution in [0.3, 0.4) is 0 Å². The second-order valence-corrected chi connectivity index (χ2v) is 19.6. The molecule has 5 unspecified atom stereocenters. The van der Waals surface area contributed by atoms with E-state index in [-0.39, 0.29) is 25.7 Å². The lowest BCUT2D eigenvalue weighted by atomic mass is 9.85. The predicted octanol–water partition coefficient (Wildman–Crippen LogP) is 8.26. The van der Waals surface area contributed by atoms with Crippen LogP contribution in [0, 0.1) is 0 Å². The standard InChI is InChI=1S/C47H84O17P2/c1-3-5-7-9-11-13-15-17-18-20-22-24-26-28-30-34-41(50)62-39(37-61-66(58,59)64-47-44(53)42(51)43(52)46(45(47)54)63-65(55,56)57)36-60-40(49)35-31-33-38(48)32-29-27-25-23-21-19-16-14-12-10-8-6-4-2/h12,14,19,21,25,27,29,32,38-39,42-48,51-54H,3-11,13,15-18,20,22-24,26,28,30-31,33-37H2,1-2H3,(H,58,59)(H2,55,56,57)/b14-12-,21-19-,27-25-,32-29+/t38-,39-,42?,43?,44?,45?,46-,47+/m1/s1. The highest BCUT2D eigenvalue weighted by Gasteiger charge is 2.54. The molecular formula is C47H84O17P2. The zero-order valence-corrected chi connectivity index (χ0v) is 41.3. The molecule has 0 aromatic rings. The maximum absolute atomic E-state index is 13.0. The molecule has 0 aromatic heterocycles. The van der Waals surface area contributed by atoms with E-state index in [9.17, 15) is 58.9 Å². The van der Waals surface area contributed by atoms with Gasteiger partial charge in [0.1, 0.15) is 43.2 Å². The van der Waals surface area contributed by atoms with Gasteiger partial charge >= 0.3 is 27.6 Å². The van der Waals surface area contributed by atoms with Crippen molar-refractivity contribution in [3.63, 3.8) is 0 Å². The number of aliphatic hydroxyl groups is 5. The molecule has 0 heterocycles. The quantitative estimate of drug-likeness (QED) is 0.00943. The lowest BCUT2D eigenvalue weighted by Crippen LogP contribution is -2.64. The van der Waals surface area contributed by atoms with E-state index in [1.165, 1.54) is 83.5 Å². The summed E-state index contributed by atoms with van der Waals surface area (Å²) < 4.78 is 49.2. The van der Waals surface area contributed by atoms with E-state index in [0.29, 0.717) is 6.42 Å². The Labute approximate surface area is 393 Å². The van der Waals surface area contributed by atoms with Crippen LogP contribution < -0.4 is 0 Å². The van der Waals surface area contributed by atoms with Gasteiger partial charge in [-0.25, -0.2) is 9.13 Å². The number of phosphoric acid groups is 2. The number of esters is 2. The molecule has 66 heavy (non-hydrogen) atoms. The fourth-order valence-corrected chi connectivity index (χ4v) is 8.73. The van der Waals surface area contributed by atoms with Crippen LogP contribution in [0.5, 0.6) is 0 Å². The van der Waals surface area contributed by atoms with Crippen LogP contribution in [0.1, 0.15) is 174 Å². The molecule has 0 spiro atoms. The molecule has 0 radical (unpaired) electrons. The summed E-state index contributed by atoms with van der Waals surface area (Å²) in [6.45, 7) is 2.92. The largest absolute Gasteiger partial charge is 0.472 e. The van der Waals surface area contributed by atoms with Crippen molar-refractivity contribution in [1.29, 1.82) is 0 Å². The first kappa shape index (κ1) is 61.9. The first-order valence-corrected chi connectivity index (χ1v) is 27.3. The fourth-order valence-electron chi connectivity index (χ4n) is 7.19. The van der Waals surface area contributed by atoms with Gasteiger partial charge in [0.05, 0.1) is 12.7 Å². The van der Waals surface area contributed by atoms with E-state index < -0.39 is 89.6 Å². The molecule has 1 saturated carbocycles. The molecule has 8 N–H and O–H groups in total. The molecule has 1 aliphatic carbocycles. The van der Waals surface area contributed by atoms with Gasteiger partial charge in [-0.05, 0) is 44.9 Å². The fraction of sp³-hybridized carbons (Fsp3) is 0.787. The zero-order valence-electron chi connectivity index (χ0n) is 39.5. The monoisotopic (exact) mass is 983 g/mol. The van der Waals surface area contributed by atoms with E-state index in [1.807, 2.05) is 12.2 Å². The van der Waals surface area contributed by atoms with E-state index >= 15 is 0 Å². The molecule has 1 fully saturated rings. The molecule has 1 rings (SSSR count). The van der Waals surface area contributed by atoms with Crippen molar-refractivity contribution in [2.75, 3.05) is 13.2 Å². The summed E-state index contributed by atoms with van der Waals surface area (Å²) in [4.78, 5) is 54.3. The van der Waals surface area contributed by atoms with Gasteiger partial charge in [0.25, 0.3) is 0 Å². The van der Waals surface area contributed by atoms with Crippen LogP contribution in [0.2, 0.25) is 0 Å². The Morgan fingerprint density at radius 3 is 1.64 bits per heavy atom. The molecule has 0 amide bonds. The normalized spacial score (nSPS) is 22.4. The van der Waals surface area contributed by atoms with Crippen molar-refractivity contribution in [3.8, 4) is 0 Å². The minimum absolute atomic E-state index is 0.00572. The second kappa shape index (κ2) is 37.8. The number of unbranched alkanes of at least 4 members (excludes halogenated alkanes) is 17. The average Bonchev–Trinajstić information content (AvgIpc) is 3.26. The van der Waals surface area contributed by atoms with Gasteiger partial charge in [0.2, 0.25) is 0 Å². The minimum Gasteiger partial charge on any atom is -0.462 e. The zero-order chi connectivity index (χ0) is 49.1. The van der Waals surface area contributed by atoms with E-state index in [0.717, 1.165) is 44.9 Å². The maximum atomic E-state index is 13.0. The Balaban J connectivity index is 2.66. The Hall–Kier alpha value is -2.08. The third-order valence-electron chi connectivity index (χ3n) is 11.0. The molecule has 1 aliphatic rings. The molecule has 384 valence electrons. The summed E-state index contributed by atoms with van der Waals surface area (Å²) in [5, 5.41) is 51.6. The van der Waals surface area contributed by atoms with Crippen molar-refractivity contribution in [3.05, 3.63) is 48.6 Å². The summed E-state index contributed by atoms with van der Waals surface area (Å²) in [7, 11) is -10.7. The third-order valence-corrected chi connectivity index (χ3v) is 12.5. The SMILES string of the molecule is CCCCC/C=C\C/C=C\C/C=C\C=C\[C@@H](O)CCCC(=O)OC[C@H](COP(=O)(O)O[C@H]1C(O)C(O)C(O)[C@@H](OP(=O)(O)O)C1O)OC(=O)CCCCCCCCCCCCCCCCC. The lowest BCUT2D eigenvalue weighted by Gasteiger charge is -2.43. The third kappa shape index (κ3) is 31.9. The first-order valence-electron chi connectivity index (χ1n) is 24.3. The Bertz CT molecular complexity index is 1480. The van der Waals surface area contributed by atoms with Crippen molar-refractivity contribution < 1.29 is 82.0 Å². The lowest BCUT2D eigenvalue weighted by molar-refractivity contribution is -0.216. The summed E-state index contributed by atoms with van der Waals surface area (Å²) >= 11 is 0. The average molecular weight is 983 g/mol. The van der Waals surface area contributed by atoms with E-state index in [2.05, 4.69) is 42.7 Å². The smallest absolute Gasteiger partial charge is 0.462 e. The molecule has 17 nitrogen and oxygen atoms in total. The molecule has 0 aliphatic heterocycles. The van der Waals surface area contributed by atoms with Gasteiger partial charge in [-0.3, -0.25) is 23.2 Å².